The van der Waals surface area contributed by atoms with E-state index in [-0.39, 0.29) is 0 Å². The molecule has 5 nitrogen and oxygen atoms in total. The number of hydrogen-bond donors (Lipinski definition) is 2. The lowest BCUT2D eigenvalue weighted by molar-refractivity contribution is 0.315. The molecule has 3 heterocycles. The number of rotatable bonds is 1. The zero-order valence-electron chi connectivity index (χ0n) is 9.43. The van der Waals surface area contributed by atoms with Crippen LogP contribution in [-0.2, 0) is 0 Å². The molecule has 1 saturated heterocycles. The predicted molar refractivity (Wildman–Crippen MR) is 66.8 cm³/mol. The lowest BCUT2D eigenvalue weighted by atomic mass is 10.1. The monoisotopic (exact) mass is 230 g/mol. The predicted octanol–water partition coefficient (Wildman–Crippen LogP) is 1.99. The van der Waals surface area contributed by atoms with Gasteiger partial charge in [0.15, 0.2) is 0 Å². The summed E-state index contributed by atoms with van der Waals surface area (Å²) in [7, 11) is 0. The van der Waals surface area contributed by atoms with Gasteiger partial charge in [-0.1, -0.05) is 5.16 Å². The van der Waals surface area contributed by atoms with E-state index >= 15 is 0 Å². The maximum absolute atomic E-state index is 8.86. The molecular weight excluding hydrogens is 216 g/mol. The first-order chi connectivity index (χ1) is 8.38. The van der Waals surface area contributed by atoms with Crippen molar-refractivity contribution in [3.63, 3.8) is 0 Å². The Bertz CT molecular complexity index is 560. The molecule has 2 aromatic rings. The lowest BCUT2D eigenvalue weighted by Crippen LogP contribution is -2.35. The molecule has 2 N–H and O–H groups in total. The molecule has 0 aromatic carbocycles. The molecule has 0 bridgehead atoms. The van der Waals surface area contributed by atoms with E-state index in [1.54, 1.807) is 6.20 Å². The van der Waals surface area contributed by atoms with Gasteiger partial charge in [-0.2, -0.15) is 0 Å². The molecule has 17 heavy (non-hydrogen) atoms. The summed E-state index contributed by atoms with van der Waals surface area (Å²) in [6.07, 6.45) is 5.66. The van der Waals surface area contributed by atoms with Crippen LogP contribution < -0.4 is 4.90 Å². The van der Waals surface area contributed by atoms with Gasteiger partial charge in [-0.15, -0.1) is 0 Å². The number of aromatic nitrogens is 2. The molecule has 5 heteroatoms. The third-order valence-corrected chi connectivity index (χ3v) is 3.16. The number of fused-ring (bicyclic) bond motifs is 1. The molecule has 0 unspecified atom stereocenters. The molecule has 0 aliphatic carbocycles. The summed E-state index contributed by atoms with van der Waals surface area (Å²) in [5, 5.41) is 12.2. The fourth-order valence-electron chi connectivity index (χ4n) is 2.32. The summed E-state index contributed by atoms with van der Waals surface area (Å²) < 4.78 is 0. The Balaban J connectivity index is 1.98. The minimum atomic E-state index is 0.681. The van der Waals surface area contributed by atoms with Crippen molar-refractivity contribution in [1.82, 2.24) is 9.97 Å². The molecule has 0 atom stereocenters. The first kappa shape index (κ1) is 10.1. The van der Waals surface area contributed by atoms with Gasteiger partial charge in [0, 0.05) is 18.9 Å². The highest BCUT2D eigenvalue weighted by molar-refractivity contribution is 5.94. The van der Waals surface area contributed by atoms with Crippen LogP contribution >= 0.6 is 0 Å². The molecular formula is C12H14N4O. The summed E-state index contributed by atoms with van der Waals surface area (Å²) in [5.74, 6) is 0. The van der Waals surface area contributed by atoms with E-state index in [1.165, 1.54) is 0 Å². The average Bonchev–Trinajstić information content (AvgIpc) is 2.82. The topological polar surface area (TPSA) is 64.5 Å². The van der Waals surface area contributed by atoms with Gasteiger partial charge in [0.05, 0.1) is 23.5 Å². The minimum absolute atomic E-state index is 0.681. The number of nitrogens with zero attached hydrogens (tertiary/aromatic N) is 3. The Labute approximate surface area is 98.8 Å². The first-order valence-corrected chi connectivity index (χ1v) is 5.75. The van der Waals surface area contributed by atoms with Crippen molar-refractivity contribution in [2.24, 2.45) is 5.16 Å². The fraction of sp³-hybridized carbons (Fsp3) is 0.333. The third kappa shape index (κ3) is 1.73. The van der Waals surface area contributed by atoms with E-state index in [0.29, 0.717) is 6.54 Å². The molecule has 3 rings (SSSR count). The molecule has 0 spiro atoms. The Morgan fingerprint density at radius 1 is 1.47 bits per heavy atom. The number of pyridine rings is 1. The van der Waals surface area contributed by atoms with E-state index in [9.17, 15) is 0 Å². The van der Waals surface area contributed by atoms with Crippen LogP contribution in [0.5, 0.6) is 0 Å². The third-order valence-electron chi connectivity index (χ3n) is 3.16. The Morgan fingerprint density at radius 3 is 3.29 bits per heavy atom. The summed E-state index contributed by atoms with van der Waals surface area (Å²) >= 11 is 0. The molecule has 1 fully saturated rings. The largest absolute Gasteiger partial charge is 0.411 e. The average molecular weight is 230 g/mol. The van der Waals surface area contributed by atoms with Crippen LogP contribution in [0, 0.1) is 0 Å². The van der Waals surface area contributed by atoms with Crippen LogP contribution in [0.25, 0.3) is 11.0 Å². The second kappa shape index (κ2) is 4.08. The number of hydrogen-bond acceptors (Lipinski definition) is 4. The van der Waals surface area contributed by atoms with E-state index < -0.39 is 0 Å². The van der Waals surface area contributed by atoms with Crippen molar-refractivity contribution < 1.29 is 5.21 Å². The number of H-pyrrole nitrogens is 1. The smallest absolute Gasteiger partial charge is 0.111 e. The molecule has 1 aliphatic rings. The van der Waals surface area contributed by atoms with Crippen molar-refractivity contribution in [3.8, 4) is 0 Å². The zero-order valence-corrected chi connectivity index (χ0v) is 9.43. The van der Waals surface area contributed by atoms with E-state index in [4.69, 9.17) is 5.21 Å². The second-order valence-electron chi connectivity index (χ2n) is 4.26. The number of piperidine rings is 1. The standard InChI is InChI=1S/C12H14N4O/c17-15-9-3-2-6-16(8-9)11-7-14-10-4-1-5-13-12(10)11/h1,4-5,7,14,17H,2-3,6,8H2. The molecule has 2 aromatic heterocycles. The van der Waals surface area contributed by atoms with E-state index in [1.807, 2.05) is 18.3 Å². The molecule has 88 valence electrons. The fourth-order valence-corrected chi connectivity index (χ4v) is 2.32. The van der Waals surface area contributed by atoms with Crippen molar-refractivity contribution in [2.45, 2.75) is 12.8 Å². The molecule has 0 amide bonds. The van der Waals surface area contributed by atoms with Gasteiger partial charge >= 0.3 is 0 Å². The minimum Gasteiger partial charge on any atom is -0.411 e. The highest BCUT2D eigenvalue weighted by atomic mass is 16.4. The van der Waals surface area contributed by atoms with Crippen LogP contribution in [0.15, 0.2) is 29.7 Å². The Hall–Kier alpha value is -2.04. The van der Waals surface area contributed by atoms with Crippen molar-refractivity contribution in [2.75, 3.05) is 18.0 Å². The van der Waals surface area contributed by atoms with Crippen LogP contribution in [0.2, 0.25) is 0 Å². The summed E-state index contributed by atoms with van der Waals surface area (Å²) in [6, 6.07) is 3.93. The van der Waals surface area contributed by atoms with Gasteiger partial charge in [0.2, 0.25) is 0 Å². The van der Waals surface area contributed by atoms with Crippen LogP contribution in [0.3, 0.4) is 0 Å². The number of aromatic amines is 1. The number of nitrogens with one attached hydrogen (secondary N) is 1. The maximum atomic E-state index is 8.86. The highest BCUT2D eigenvalue weighted by Gasteiger charge is 2.19. The van der Waals surface area contributed by atoms with Gasteiger partial charge in [-0.05, 0) is 25.0 Å². The molecule has 0 saturated carbocycles. The zero-order chi connectivity index (χ0) is 11.7. The van der Waals surface area contributed by atoms with E-state index in [0.717, 1.165) is 41.8 Å². The van der Waals surface area contributed by atoms with Crippen molar-refractivity contribution in [3.05, 3.63) is 24.5 Å². The van der Waals surface area contributed by atoms with Crippen LogP contribution in [0.4, 0.5) is 5.69 Å². The van der Waals surface area contributed by atoms with Gasteiger partial charge < -0.3 is 15.1 Å². The lowest BCUT2D eigenvalue weighted by Gasteiger charge is -2.28. The summed E-state index contributed by atoms with van der Waals surface area (Å²) in [6.45, 7) is 1.66. The molecule has 0 radical (unpaired) electrons. The summed E-state index contributed by atoms with van der Waals surface area (Å²) in [5.41, 5.74) is 3.94. The van der Waals surface area contributed by atoms with Gasteiger partial charge in [0.25, 0.3) is 0 Å². The highest BCUT2D eigenvalue weighted by Crippen LogP contribution is 2.26. The van der Waals surface area contributed by atoms with Crippen molar-refractivity contribution >= 4 is 22.4 Å². The van der Waals surface area contributed by atoms with Crippen LogP contribution in [0.1, 0.15) is 12.8 Å². The maximum Gasteiger partial charge on any atom is 0.111 e. The molecule has 1 aliphatic heterocycles. The first-order valence-electron chi connectivity index (χ1n) is 5.75. The van der Waals surface area contributed by atoms with Gasteiger partial charge in [-0.25, -0.2) is 0 Å². The number of anilines is 1. The normalized spacial score (nSPS) is 19.1. The van der Waals surface area contributed by atoms with Crippen molar-refractivity contribution in [1.29, 1.82) is 0 Å². The van der Waals surface area contributed by atoms with E-state index in [2.05, 4.69) is 20.0 Å². The summed E-state index contributed by atoms with van der Waals surface area (Å²) in [4.78, 5) is 9.80. The Kier molecular flexibility index (Phi) is 2.44. The van der Waals surface area contributed by atoms with Crippen LogP contribution in [-0.4, -0.2) is 34.0 Å². The second-order valence-corrected chi connectivity index (χ2v) is 4.26. The Morgan fingerprint density at radius 2 is 2.41 bits per heavy atom. The van der Waals surface area contributed by atoms with Gasteiger partial charge in [-0.3, -0.25) is 4.98 Å². The van der Waals surface area contributed by atoms with Gasteiger partial charge in [0.1, 0.15) is 5.52 Å². The quantitative estimate of drug-likeness (QED) is 0.581. The number of oxime groups is 1. The SMILES string of the molecule is ON=C1CCCN(c2c[nH]c3cccnc23)C1.